The van der Waals surface area contributed by atoms with E-state index >= 15 is 0 Å². The van der Waals surface area contributed by atoms with Crippen LogP contribution >= 0.6 is 0 Å². The highest BCUT2D eigenvalue weighted by molar-refractivity contribution is 5.78. The maximum absolute atomic E-state index is 13.0. The van der Waals surface area contributed by atoms with E-state index in [9.17, 15) is 24.8 Å². The summed E-state index contributed by atoms with van der Waals surface area (Å²) in [6, 6.07) is 5.84. The Morgan fingerprint density at radius 2 is 1.75 bits per heavy atom. The van der Waals surface area contributed by atoms with Gasteiger partial charge in [-0.1, -0.05) is 25.0 Å². The second-order valence-electron chi connectivity index (χ2n) is 11.4. The summed E-state index contributed by atoms with van der Waals surface area (Å²) < 4.78 is 5.60. The number of non-ortho nitro benzene ring substituents is 1. The monoisotopic (exact) mass is 555 g/mol. The first-order valence-electron chi connectivity index (χ1n) is 14.5. The van der Waals surface area contributed by atoms with Crippen molar-refractivity contribution in [3.8, 4) is 5.75 Å². The van der Waals surface area contributed by atoms with Crippen LogP contribution in [0.25, 0.3) is 0 Å². The van der Waals surface area contributed by atoms with Gasteiger partial charge >= 0.3 is 5.97 Å². The average molecular weight is 556 g/mol. The lowest BCUT2D eigenvalue weighted by molar-refractivity contribution is -0.384. The first kappa shape index (κ1) is 31.3. The van der Waals surface area contributed by atoms with E-state index in [1.54, 1.807) is 12.2 Å². The summed E-state index contributed by atoms with van der Waals surface area (Å²) in [6.45, 7) is 12.2. The lowest BCUT2D eigenvalue weighted by atomic mass is 9.86. The van der Waals surface area contributed by atoms with E-state index in [2.05, 4.69) is 18.1 Å². The Morgan fingerprint density at radius 1 is 1.12 bits per heavy atom. The first-order valence-corrected chi connectivity index (χ1v) is 14.5. The third kappa shape index (κ3) is 9.47. The van der Waals surface area contributed by atoms with Gasteiger partial charge in [0.1, 0.15) is 5.75 Å². The van der Waals surface area contributed by atoms with Crippen molar-refractivity contribution in [3.63, 3.8) is 0 Å². The molecule has 0 aromatic heterocycles. The molecule has 3 aliphatic rings. The number of rotatable bonds is 13. The molecule has 0 radical (unpaired) electrons. The third-order valence-electron chi connectivity index (χ3n) is 8.32. The average Bonchev–Trinajstić information content (AvgIpc) is 3.66. The fourth-order valence-corrected chi connectivity index (χ4v) is 6.12. The van der Waals surface area contributed by atoms with Crippen molar-refractivity contribution in [1.82, 2.24) is 9.80 Å². The van der Waals surface area contributed by atoms with Crippen molar-refractivity contribution >= 4 is 17.6 Å². The maximum Gasteiger partial charge on any atom is 0.306 e. The predicted molar refractivity (Wildman–Crippen MR) is 155 cm³/mol. The Labute approximate surface area is 238 Å². The lowest BCUT2D eigenvalue weighted by Crippen LogP contribution is -2.49. The molecule has 2 unspecified atom stereocenters. The number of aliphatic carboxylic acids is 1. The van der Waals surface area contributed by atoms with Crippen molar-refractivity contribution in [3.05, 3.63) is 59.7 Å². The maximum atomic E-state index is 13.0. The number of carbonyl (C=O) groups excluding carboxylic acids is 1. The van der Waals surface area contributed by atoms with Gasteiger partial charge in [-0.25, -0.2) is 0 Å². The minimum Gasteiger partial charge on any atom is -0.484 e. The number of hydrogen-bond acceptors (Lipinski definition) is 6. The number of benzene rings is 1. The highest BCUT2D eigenvalue weighted by atomic mass is 16.6. The van der Waals surface area contributed by atoms with Crippen molar-refractivity contribution < 1.29 is 24.4 Å². The van der Waals surface area contributed by atoms with Crippen LogP contribution < -0.4 is 4.74 Å². The summed E-state index contributed by atoms with van der Waals surface area (Å²) in [5, 5.41) is 20.5. The normalized spacial score (nSPS) is 21.9. The molecule has 1 aliphatic heterocycles. The summed E-state index contributed by atoms with van der Waals surface area (Å²) >= 11 is 0. The summed E-state index contributed by atoms with van der Waals surface area (Å²) in [5.74, 6) is 1.04. The molecule has 1 aromatic carbocycles. The zero-order valence-electron chi connectivity index (χ0n) is 23.8. The van der Waals surface area contributed by atoms with Gasteiger partial charge in [0.05, 0.1) is 10.8 Å². The van der Waals surface area contributed by atoms with E-state index in [1.165, 1.54) is 37.1 Å². The van der Waals surface area contributed by atoms with Crippen LogP contribution in [0.5, 0.6) is 5.75 Å². The Morgan fingerprint density at radius 3 is 2.30 bits per heavy atom. The first-order chi connectivity index (χ1) is 19.2. The highest BCUT2D eigenvalue weighted by Gasteiger charge is 2.39. The smallest absolute Gasteiger partial charge is 0.306 e. The van der Waals surface area contributed by atoms with E-state index < -0.39 is 10.9 Å². The van der Waals surface area contributed by atoms with Crippen molar-refractivity contribution in [2.45, 2.75) is 64.3 Å². The number of amides is 1. The van der Waals surface area contributed by atoms with Gasteiger partial charge in [0.2, 0.25) is 0 Å². The highest BCUT2D eigenvalue weighted by Crippen LogP contribution is 2.43. The Bertz CT molecular complexity index is 1000. The van der Waals surface area contributed by atoms with E-state index in [0.29, 0.717) is 30.0 Å². The van der Waals surface area contributed by atoms with Gasteiger partial charge in [-0.3, -0.25) is 19.7 Å². The van der Waals surface area contributed by atoms with Crippen LogP contribution in [0.4, 0.5) is 5.69 Å². The third-order valence-corrected chi connectivity index (χ3v) is 8.32. The van der Waals surface area contributed by atoms with Crippen LogP contribution in [-0.2, 0) is 9.59 Å². The fourth-order valence-electron chi connectivity index (χ4n) is 6.12. The number of nitro benzene ring substituents is 1. The molecule has 1 saturated heterocycles. The number of carboxylic acids is 1. The summed E-state index contributed by atoms with van der Waals surface area (Å²) in [4.78, 5) is 39.4. The molecule has 40 heavy (non-hydrogen) atoms. The van der Waals surface area contributed by atoms with Gasteiger partial charge in [0, 0.05) is 44.4 Å². The van der Waals surface area contributed by atoms with Gasteiger partial charge in [0.15, 0.2) is 6.61 Å². The summed E-state index contributed by atoms with van der Waals surface area (Å²) in [7, 11) is 0. The molecular formula is C31H45N3O6. The molecule has 2 saturated carbocycles. The van der Waals surface area contributed by atoms with Crippen molar-refractivity contribution in [2.24, 2.45) is 23.7 Å². The lowest BCUT2D eigenvalue weighted by Gasteiger charge is -2.39. The van der Waals surface area contributed by atoms with Gasteiger partial charge in [-0.2, -0.15) is 0 Å². The number of nitrogens with zero attached hydrogens (tertiary/aromatic N) is 3. The molecule has 1 amide bonds. The zero-order chi connectivity index (χ0) is 29.1. The van der Waals surface area contributed by atoms with Crippen molar-refractivity contribution in [2.75, 3.05) is 32.8 Å². The molecule has 1 N–H and O–H groups in total. The zero-order valence-corrected chi connectivity index (χ0v) is 23.8. The largest absolute Gasteiger partial charge is 0.484 e. The van der Waals surface area contributed by atoms with Crippen molar-refractivity contribution in [1.29, 1.82) is 0 Å². The minimum atomic E-state index is -0.608. The second kappa shape index (κ2) is 15.6. The molecule has 0 spiro atoms. The van der Waals surface area contributed by atoms with Gasteiger partial charge in [0.25, 0.3) is 11.6 Å². The number of likely N-dealkylation sites (tertiary alicyclic amines) is 1. The SMILES string of the molecule is C=CC.C=CCN(C(=O)COc1ccc([N+](=O)[O-])cc1)C1CCN(C[C@@H]2CCC(C(CC3CC3)C(=O)O)C2)CC1. The number of ether oxygens (including phenoxy) is 1. The van der Waals surface area contributed by atoms with Gasteiger partial charge < -0.3 is 19.6 Å². The molecule has 0 bridgehead atoms. The molecule has 1 aromatic rings. The summed E-state index contributed by atoms with van der Waals surface area (Å²) in [5.41, 5.74) is -0.0215. The fraction of sp³-hybridized carbons (Fsp3) is 0.613. The van der Waals surface area contributed by atoms with Crippen LogP contribution in [0.1, 0.15) is 58.3 Å². The Kier molecular flexibility index (Phi) is 12.2. The molecular weight excluding hydrogens is 510 g/mol. The van der Waals surface area contributed by atoms with E-state index in [1.807, 2.05) is 11.8 Å². The topological polar surface area (TPSA) is 113 Å². The minimum absolute atomic E-state index is 0.0215. The van der Waals surface area contributed by atoms with Crippen LogP contribution in [-0.4, -0.2) is 70.5 Å². The Hall–Kier alpha value is -3.20. The molecule has 3 fully saturated rings. The number of hydrogen-bond donors (Lipinski definition) is 1. The van der Waals surface area contributed by atoms with Crippen LogP contribution in [0.3, 0.4) is 0 Å². The van der Waals surface area contributed by atoms with Crippen LogP contribution in [0, 0.1) is 33.8 Å². The van der Waals surface area contributed by atoms with E-state index in [0.717, 1.165) is 58.2 Å². The molecule has 4 rings (SSSR count). The molecule has 3 atom stereocenters. The number of piperidine rings is 1. The Balaban J connectivity index is 0.00000141. The molecule has 220 valence electrons. The number of carboxylic acid groups (broad SMARTS) is 1. The molecule has 1 heterocycles. The van der Waals surface area contributed by atoms with Crippen LogP contribution in [0.15, 0.2) is 49.6 Å². The molecule has 9 nitrogen and oxygen atoms in total. The quantitative estimate of drug-likeness (QED) is 0.193. The van der Waals surface area contributed by atoms with Crippen LogP contribution in [0.2, 0.25) is 0 Å². The standard InChI is InChI=1S/C28H39N3O6.C3H6/c1-2-13-30(27(32)19-37-25-9-7-24(8-10-25)31(35)36)23-11-14-29(15-12-23)18-21-5-6-22(16-21)26(28(33)34)17-20-3-4-20;1-3-2/h2,7-10,20-23,26H,1,3-6,11-19H2,(H,33,34);3H,1H2,2H3/t21-,22?,26?;/m1./s1. The number of allylic oxidation sites excluding steroid dienone is 1. The number of nitro groups is 1. The van der Waals surface area contributed by atoms with E-state index in [4.69, 9.17) is 4.74 Å². The van der Waals surface area contributed by atoms with Gasteiger partial charge in [-0.15, -0.1) is 13.2 Å². The van der Waals surface area contributed by atoms with E-state index in [-0.39, 0.29) is 30.2 Å². The predicted octanol–water partition coefficient (Wildman–Crippen LogP) is 5.56. The number of carbonyl (C=O) groups is 2. The van der Waals surface area contributed by atoms with Gasteiger partial charge in [-0.05, 0) is 75.3 Å². The summed E-state index contributed by atoms with van der Waals surface area (Å²) in [6.07, 6.45) is 11.7. The molecule has 2 aliphatic carbocycles. The second-order valence-corrected chi connectivity index (χ2v) is 11.4. The molecule has 9 heteroatoms.